The van der Waals surface area contributed by atoms with Crippen LogP contribution in [-0.2, 0) is 0 Å². The highest BCUT2D eigenvalue weighted by molar-refractivity contribution is 7.98. The van der Waals surface area contributed by atoms with Gasteiger partial charge in [-0.3, -0.25) is 0 Å². The summed E-state index contributed by atoms with van der Waals surface area (Å²) in [6, 6.07) is 9.32. The van der Waals surface area contributed by atoms with Crippen LogP contribution < -0.4 is 0 Å². The SMILES string of the molecule is CSc1ccc(C2C=C3CC[C@@H]4C(=C3CC2)CC[C@]2(C)CCC[C@@H]42)cc1. The van der Waals surface area contributed by atoms with Gasteiger partial charge in [0.2, 0.25) is 0 Å². The van der Waals surface area contributed by atoms with Crippen molar-refractivity contribution in [2.75, 3.05) is 6.26 Å². The van der Waals surface area contributed by atoms with E-state index in [1.807, 2.05) is 22.9 Å². The minimum atomic E-state index is 0.641. The van der Waals surface area contributed by atoms with E-state index >= 15 is 0 Å². The van der Waals surface area contributed by atoms with Gasteiger partial charge in [0.05, 0.1) is 0 Å². The van der Waals surface area contributed by atoms with Gasteiger partial charge >= 0.3 is 0 Å². The van der Waals surface area contributed by atoms with Crippen molar-refractivity contribution in [2.24, 2.45) is 17.3 Å². The molecule has 0 bridgehead atoms. The number of hydrogen-bond acceptors (Lipinski definition) is 1. The largest absolute Gasteiger partial charge is 0.130 e. The van der Waals surface area contributed by atoms with Crippen molar-refractivity contribution in [3.05, 3.63) is 52.6 Å². The lowest BCUT2D eigenvalue weighted by molar-refractivity contribution is 0.118. The first-order valence-electron chi connectivity index (χ1n) is 10.7. The van der Waals surface area contributed by atoms with Crippen molar-refractivity contribution < 1.29 is 0 Å². The molecule has 138 valence electrons. The summed E-state index contributed by atoms with van der Waals surface area (Å²) in [7, 11) is 0. The molecule has 0 radical (unpaired) electrons. The second-order valence-electron chi connectivity index (χ2n) is 9.41. The number of hydrogen-bond donors (Lipinski definition) is 0. The number of allylic oxidation sites excluding steroid dienone is 4. The van der Waals surface area contributed by atoms with Crippen LogP contribution in [0.25, 0.3) is 0 Å². The molecule has 1 aromatic carbocycles. The third kappa shape index (κ3) is 2.73. The molecule has 0 aromatic heterocycles. The molecule has 4 aliphatic rings. The predicted molar refractivity (Wildman–Crippen MR) is 113 cm³/mol. The van der Waals surface area contributed by atoms with Gasteiger partial charge in [0.15, 0.2) is 0 Å². The molecule has 26 heavy (non-hydrogen) atoms. The van der Waals surface area contributed by atoms with Gasteiger partial charge < -0.3 is 0 Å². The Kier molecular flexibility index (Phi) is 4.35. The van der Waals surface area contributed by atoms with Crippen LogP contribution in [-0.4, -0.2) is 6.26 Å². The van der Waals surface area contributed by atoms with Gasteiger partial charge in [0.25, 0.3) is 0 Å². The molecule has 0 amide bonds. The Morgan fingerprint density at radius 1 is 0.962 bits per heavy atom. The standard InChI is InChI=1S/C25H32S/c1-25-14-3-4-24(25)23-12-8-19-16-18(7-11-21(19)22(23)13-15-25)17-5-9-20(26-2)10-6-17/h5-6,9-10,16,18,23-24H,3-4,7-8,11-15H2,1-2H3/t18?,23-,24+,25+/m1/s1. The Morgan fingerprint density at radius 3 is 2.62 bits per heavy atom. The van der Waals surface area contributed by atoms with Crippen LogP contribution >= 0.6 is 11.8 Å². The second-order valence-corrected chi connectivity index (χ2v) is 10.3. The minimum Gasteiger partial charge on any atom is -0.130 e. The van der Waals surface area contributed by atoms with E-state index in [2.05, 4.69) is 43.5 Å². The van der Waals surface area contributed by atoms with E-state index in [4.69, 9.17) is 0 Å². The smallest absolute Gasteiger partial charge is 0.00693 e. The number of benzene rings is 1. The molecule has 0 saturated heterocycles. The molecular formula is C25H32S. The molecule has 1 unspecified atom stereocenters. The van der Waals surface area contributed by atoms with Gasteiger partial charge in [-0.2, -0.15) is 0 Å². The second kappa shape index (κ2) is 6.59. The van der Waals surface area contributed by atoms with Crippen LogP contribution in [0.5, 0.6) is 0 Å². The fourth-order valence-corrected chi connectivity index (χ4v) is 7.18. The zero-order valence-electron chi connectivity index (χ0n) is 16.4. The number of rotatable bonds is 2. The average Bonchev–Trinajstić information content (AvgIpc) is 3.09. The van der Waals surface area contributed by atoms with Crippen molar-refractivity contribution >= 4 is 11.8 Å². The van der Waals surface area contributed by atoms with Crippen LogP contribution in [0.1, 0.15) is 76.2 Å². The molecule has 0 N–H and O–H groups in total. The molecule has 4 aliphatic carbocycles. The lowest BCUT2D eigenvalue weighted by Gasteiger charge is -2.47. The van der Waals surface area contributed by atoms with Crippen molar-refractivity contribution in [1.82, 2.24) is 0 Å². The van der Waals surface area contributed by atoms with Gasteiger partial charge in [-0.15, -0.1) is 11.8 Å². The molecule has 2 saturated carbocycles. The summed E-state index contributed by atoms with van der Waals surface area (Å²) in [5.41, 5.74) is 7.64. The van der Waals surface area contributed by atoms with Crippen LogP contribution in [0, 0.1) is 17.3 Å². The van der Waals surface area contributed by atoms with Crippen molar-refractivity contribution in [3.8, 4) is 0 Å². The quantitative estimate of drug-likeness (QED) is 0.489. The summed E-state index contributed by atoms with van der Waals surface area (Å²) in [4.78, 5) is 1.38. The molecule has 2 fully saturated rings. The maximum atomic E-state index is 2.65. The summed E-state index contributed by atoms with van der Waals surface area (Å²) < 4.78 is 0. The molecular weight excluding hydrogens is 332 g/mol. The minimum absolute atomic E-state index is 0.641. The van der Waals surface area contributed by atoms with E-state index in [0.29, 0.717) is 11.3 Å². The van der Waals surface area contributed by atoms with Crippen molar-refractivity contribution in [3.63, 3.8) is 0 Å². The molecule has 4 atom stereocenters. The summed E-state index contributed by atoms with van der Waals surface area (Å²) in [5, 5.41) is 0. The summed E-state index contributed by atoms with van der Waals surface area (Å²) >= 11 is 1.84. The lowest BCUT2D eigenvalue weighted by Crippen LogP contribution is -2.36. The monoisotopic (exact) mass is 364 g/mol. The van der Waals surface area contributed by atoms with E-state index in [0.717, 1.165) is 11.8 Å². The Hall–Kier alpha value is -0.950. The number of fused-ring (bicyclic) bond motifs is 4. The van der Waals surface area contributed by atoms with E-state index in [1.54, 1.807) is 5.57 Å². The Labute approximate surface area is 163 Å². The first-order valence-corrected chi connectivity index (χ1v) is 12.0. The third-order valence-corrected chi connectivity index (χ3v) is 8.95. The van der Waals surface area contributed by atoms with Gasteiger partial charge in [0.1, 0.15) is 0 Å². The molecule has 0 nitrogen and oxygen atoms in total. The molecule has 0 aliphatic heterocycles. The van der Waals surface area contributed by atoms with Crippen molar-refractivity contribution in [1.29, 1.82) is 0 Å². The van der Waals surface area contributed by atoms with E-state index in [1.165, 1.54) is 68.2 Å². The lowest BCUT2D eigenvalue weighted by atomic mass is 9.57. The highest BCUT2D eigenvalue weighted by atomic mass is 32.2. The molecule has 0 spiro atoms. The average molecular weight is 365 g/mol. The summed E-state index contributed by atoms with van der Waals surface area (Å²) in [6.07, 6.45) is 17.6. The van der Waals surface area contributed by atoms with Gasteiger partial charge in [-0.05, 0) is 104 Å². The fraction of sp³-hybridized carbons (Fsp3) is 0.600. The van der Waals surface area contributed by atoms with Crippen LogP contribution in [0.3, 0.4) is 0 Å². The third-order valence-electron chi connectivity index (χ3n) is 8.21. The molecule has 1 aromatic rings. The van der Waals surface area contributed by atoms with Crippen LogP contribution in [0.4, 0.5) is 0 Å². The first-order chi connectivity index (χ1) is 12.7. The molecule has 1 heteroatoms. The maximum Gasteiger partial charge on any atom is 0.00693 e. The number of thioether (sulfide) groups is 1. The highest BCUT2D eigenvalue weighted by Gasteiger charge is 2.48. The Bertz CT molecular complexity index is 753. The van der Waals surface area contributed by atoms with E-state index in [9.17, 15) is 0 Å². The molecule has 0 heterocycles. The Balaban J connectivity index is 1.44. The normalized spacial score (nSPS) is 36.2. The van der Waals surface area contributed by atoms with Crippen LogP contribution in [0.2, 0.25) is 0 Å². The van der Waals surface area contributed by atoms with E-state index in [-0.39, 0.29) is 0 Å². The van der Waals surface area contributed by atoms with Gasteiger partial charge in [-0.25, -0.2) is 0 Å². The molecule has 5 rings (SSSR count). The summed E-state index contributed by atoms with van der Waals surface area (Å²) in [6.45, 7) is 2.60. The first kappa shape index (κ1) is 17.2. The van der Waals surface area contributed by atoms with Gasteiger partial charge in [0, 0.05) is 10.8 Å². The maximum absolute atomic E-state index is 2.65. The van der Waals surface area contributed by atoms with E-state index < -0.39 is 0 Å². The topological polar surface area (TPSA) is 0 Å². The van der Waals surface area contributed by atoms with Gasteiger partial charge in [-0.1, -0.05) is 37.1 Å². The zero-order chi connectivity index (χ0) is 17.7. The summed E-state index contributed by atoms with van der Waals surface area (Å²) in [5.74, 6) is 2.57. The fourth-order valence-electron chi connectivity index (χ4n) is 6.77. The highest BCUT2D eigenvalue weighted by Crippen LogP contribution is 2.60. The van der Waals surface area contributed by atoms with Crippen LogP contribution in [0.15, 0.2) is 52.0 Å². The Morgan fingerprint density at radius 2 is 1.81 bits per heavy atom. The predicted octanol–water partition coefficient (Wildman–Crippen LogP) is 7.52. The van der Waals surface area contributed by atoms with Crippen molar-refractivity contribution in [2.45, 2.75) is 75.5 Å². The zero-order valence-corrected chi connectivity index (χ0v) is 17.2.